The van der Waals surface area contributed by atoms with E-state index < -0.39 is 17.0 Å². The molecule has 1 aromatic carbocycles. The quantitative estimate of drug-likeness (QED) is 0.475. The molecule has 0 amide bonds. The molecule has 1 atom stereocenters. The van der Waals surface area contributed by atoms with Crippen molar-refractivity contribution in [2.45, 2.75) is 31.8 Å². The summed E-state index contributed by atoms with van der Waals surface area (Å²) < 4.78 is 4.57. The molecular formula is C15H20N2O5. The van der Waals surface area contributed by atoms with Gasteiger partial charge in [-0.1, -0.05) is 12.8 Å². The third kappa shape index (κ3) is 3.73. The Labute approximate surface area is 128 Å². The van der Waals surface area contributed by atoms with Gasteiger partial charge >= 0.3 is 5.97 Å². The minimum absolute atomic E-state index is 0.104. The minimum atomic E-state index is -0.758. The molecule has 1 unspecified atom stereocenters. The van der Waals surface area contributed by atoms with Crippen molar-refractivity contribution in [1.82, 2.24) is 0 Å². The molecule has 120 valence electrons. The van der Waals surface area contributed by atoms with Crippen LogP contribution >= 0.6 is 0 Å². The van der Waals surface area contributed by atoms with E-state index in [1.54, 1.807) is 0 Å². The van der Waals surface area contributed by atoms with Gasteiger partial charge in [0, 0.05) is 18.3 Å². The number of nitrogens with zero attached hydrogens (tertiary/aromatic N) is 1. The Morgan fingerprint density at radius 3 is 2.77 bits per heavy atom. The van der Waals surface area contributed by atoms with Crippen LogP contribution in [-0.2, 0) is 4.74 Å². The SMILES string of the molecule is COC(=O)c1cc(NCC(O)C2CCCC2)ccc1[N+](=O)[O-]. The van der Waals surface area contributed by atoms with Crippen molar-refractivity contribution in [3.8, 4) is 0 Å². The summed E-state index contributed by atoms with van der Waals surface area (Å²) in [5.41, 5.74) is 0.143. The van der Waals surface area contributed by atoms with E-state index in [0.29, 0.717) is 18.2 Å². The van der Waals surface area contributed by atoms with Crippen molar-refractivity contribution in [3.05, 3.63) is 33.9 Å². The average Bonchev–Trinajstić information content (AvgIpc) is 3.05. The molecule has 7 nitrogen and oxygen atoms in total. The number of methoxy groups -OCH3 is 1. The zero-order chi connectivity index (χ0) is 16.1. The molecule has 1 aliphatic carbocycles. The van der Waals surface area contributed by atoms with Gasteiger partial charge in [0.15, 0.2) is 0 Å². The van der Waals surface area contributed by atoms with Gasteiger partial charge in [0.1, 0.15) is 5.56 Å². The van der Waals surface area contributed by atoms with Crippen LogP contribution < -0.4 is 5.32 Å². The number of nitro groups is 1. The van der Waals surface area contributed by atoms with E-state index in [1.165, 1.54) is 25.3 Å². The minimum Gasteiger partial charge on any atom is -0.465 e. The number of carbonyl (C=O) groups is 1. The molecule has 0 radical (unpaired) electrons. The number of anilines is 1. The molecule has 22 heavy (non-hydrogen) atoms. The highest BCUT2D eigenvalue weighted by Crippen LogP contribution is 2.28. The molecule has 1 aromatic rings. The van der Waals surface area contributed by atoms with E-state index in [0.717, 1.165) is 25.7 Å². The molecule has 0 saturated heterocycles. The number of ether oxygens (including phenoxy) is 1. The van der Waals surface area contributed by atoms with E-state index in [1.807, 2.05) is 0 Å². The molecule has 0 aromatic heterocycles. The molecule has 2 N–H and O–H groups in total. The second-order valence-electron chi connectivity index (χ2n) is 5.47. The summed E-state index contributed by atoms with van der Waals surface area (Å²) in [6, 6.07) is 4.16. The molecular weight excluding hydrogens is 288 g/mol. The van der Waals surface area contributed by atoms with E-state index >= 15 is 0 Å². The zero-order valence-corrected chi connectivity index (χ0v) is 12.4. The molecule has 1 saturated carbocycles. The summed E-state index contributed by atoms with van der Waals surface area (Å²) in [5, 5.41) is 24.1. The Kier molecular flexibility index (Phi) is 5.32. The first-order valence-corrected chi connectivity index (χ1v) is 7.31. The van der Waals surface area contributed by atoms with Crippen LogP contribution in [0.2, 0.25) is 0 Å². The van der Waals surface area contributed by atoms with Crippen LogP contribution in [0.1, 0.15) is 36.0 Å². The van der Waals surface area contributed by atoms with E-state index in [2.05, 4.69) is 10.1 Å². The largest absolute Gasteiger partial charge is 0.465 e. The van der Waals surface area contributed by atoms with Gasteiger partial charge in [0.05, 0.1) is 18.1 Å². The molecule has 0 heterocycles. The molecule has 0 aliphatic heterocycles. The number of aliphatic hydroxyl groups excluding tert-OH is 1. The van der Waals surface area contributed by atoms with Crippen LogP contribution in [0.3, 0.4) is 0 Å². The highest BCUT2D eigenvalue weighted by atomic mass is 16.6. The summed E-state index contributed by atoms with van der Waals surface area (Å²) in [6.45, 7) is 0.350. The number of aliphatic hydroxyl groups is 1. The molecule has 0 spiro atoms. The summed E-state index contributed by atoms with van der Waals surface area (Å²) in [4.78, 5) is 21.9. The number of esters is 1. The molecule has 2 rings (SSSR count). The third-order valence-electron chi connectivity index (χ3n) is 4.06. The van der Waals surface area contributed by atoms with Crippen LogP contribution in [0, 0.1) is 16.0 Å². The smallest absolute Gasteiger partial charge is 0.344 e. The molecule has 1 aliphatic rings. The van der Waals surface area contributed by atoms with Gasteiger partial charge in [-0.15, -0.1) is 0 Å². The monoisotopic (exact) mass is 308 g/mol. The summed E-state index contributed by atoms with van der Waals surface area (Å²) >= 11 is 0. The zero-order valence-electron chi connectivity index (χ0n) is 12.4. The Bertz CT molecular complexity index is 555. The maximum Gasteiger partial charge on any atom is 0.344 e. The third-order valence-corrected chi connectivity index (χ3v) is 4.06. The lowest BCUT2D eigenvalue weighted by molar-refractivity contribution is -0.385. The van der Waals surface area contributed by atoms with Gasteiger partial charge in [-0.2, -0.15) is 0 Å². The number of hydrogen-bond donors (Lipinski definition) is 2. The lowest BCUT2D eigenvalue weighted by Gasteiger charge is -2.18. The van der Waals surface area contributed by atoms with Crippen LogP contribution in [0.5, 0.6) is 0 Å². The second-order valence-corrected chi connectivity index (χ2v) is 5.47. The topological polar surface area (TPSA) is 102 Å². The van der Waals surface area contributed by atoms with Crippen molar-refractivity contribution in [2.24, 2.45) is 5.92 Å². The standard InChI is InChI=1S/C15H20N2O5/c1-22-15(19)12-8-11(6-7-13(12)17(20)21)16-9-14(18)10-4-2-3-5-10/h6-8,10,14,16,18H,2-5,9H2,1H3. The molecule has 1 fully saturated rings. The van der Waals surface area contributed by atoms with Crippen molar-refractivity contribution in [2.75, 3.05) is 19.0 Å². The van der Waals surface area contributed by atoms with Gasteiger partial charge in [-0.3, -0.25) is 10.1 Å². The first-order valence-electron chi connectivity index (χ1n) is 7.31. The maximum atomic E-state index is 11.6. The summed E-state index contributed by atoms with van der Waals surface area (Å²) in [7, 11) is 1.18. The lowest BCUT2D eigenvalue weighted by Crippen LogP contribution is -2.26. The van der Waals surface area contributed by atoms with Crippen LogP contribution in [0.15, 0.2) is 18.2 Å². The Morgan fingerprint density at radius 2 is 2.18 bits per heavy atom. The van der Waals surface area contributed by atoms with Crippen molar-refractivity contribution >= 4 is 17.3 Å². The number of nitro benzene ring substituents is 1. The van der Waals surface area contributed by atoms with Gasteiger partial charge in [-0.25, -0.2) is 4.79 Å². The molecule has 7 heteroatoms. The van der Waals surface area contributed by atoms with E-state index in [4.69, 9.17) is 0 Å². The van der Waals surface area contributed by atoms with Crippen LogP contribution in [-0.4, -0.2) is 35.8 Å². The average molecular weight is 308 g/mol. The Morgan fingerprint density at radius 1 is 1.50 bits per heavy atom. The fourth-order valence-corrected chi connectivity index (χ4v) is 2.81. The lowest BCUT2D eigenvalue weighted by atomic mass is 10.0. The number of nitrogens with one attached hydrogen (secondary N) is 1. The number of rotatable bonds is 6. The van der Waals surface area contributed by atoms with Crippen molar-refractivity contribution in [1.29, 1.82) is 0 Å². The fraction of sp³-hybridized carbons (Fsp3) is 0.533. The van der Waals surface area contributed by atoms with Crippen LogP contribution in [0.4, 0.5) is 11.4 Å². The highest BCUT2D eigenvalue weighted by molar-refractivity contribution is 5.95. The Hall–Kier alpha value is -2.15. The van der Waals surface area contributed by atoms with Crippen molar-refractivity contribution < 1.29 is 19.6 Å². The van der Waals surface area contributed by atoms with Gasteiger partial charge in [0.2, 0.25) is 0 Å². The van der Waals surface area contributed by atoms with Crippen LogP contribution in [0.25, 0.3) is 0 Å². The predicted octanol–water partition coefficient (Wildman–Crippen LogP) is 2.34. The van der Waals surface area contributed by atoms with Gasteiger partial charge in [0.25, 0.3) is 5.69 Å². The van der Waals surface area contributed by atoms with E-state index in [-0.39, 0.29) is 11.3 Å². The second kappa shape index (κ2) is 7.22. The maximum absolute atomic E-state index is 11.6. The summed E-state index contributed by atoms with van der Waals surface area (Å²) in [6.07, 6.45) is 3.88. The predicted molar refractivity (Wildman–Crippen MR) is 80.9 cm³/mol. The van der Waals surface area contributed by atoms with Gasteiger partial charge in [-0.05, 0) is 30.9 Å². The first kappa shape index (κ1) is 16.2. The highest BCUT2D eigenvalue weighted by Gasteiger charge is 2.24. The molecule has 0 bridgehead atoms. The number of hydrogen-bond acceptors (Lipinski definition) is 6. The normalized spacial score (nSPS) is 16.3. The Balaban J connectivity index is 2.07. The fourth-order valence-electron chi connectivity index (χ4n) is 2.81. The summed E-state index contributed by atoms with van der Waals surface area (Å²) in [5.74, 6) is -0.461. The van der Waals surface area contributed by atoms with Gasteiger partial charge < -0.3 is 15.2 Å². The number of carbonyl (C=O) groups excluding carboxylic acids is 1. The first-order chi connectivity index (χ1) is 10.5. The van der Waals surface area contributed by atoms with E-state index in [9.17, 15) is 20.0 Å². The van der Waals surface area contributed by atoms with Crippen molar-refractivity contribution in [3.63, 3.8) is 0 Å². The number of benzene rings is 1.